The Kier molecular flexibility index (Phi) is 4.99. The quantitative estimate of drug-likeness (QED) is 0.920. The van der Waals surface area contributed by atoms with Gasteiger partial charge in [0.25, 0.3) is 5.91 Å². The van der Waals surface area contributed by atoms with Gasteiger partial charge >= 0.3 is 0 Å². The molecule has 1 unspecified atom stereocenters. The van der Waals surface area contributed by atoms with Crippen LogP contribution in [0, 0.1) is 11.3 Å². The maximum atomic E-state index is 12.1. The molecule has 2 aromatic rings. The van der Waals surface area contributed by atoms with Crippen LogP contribution in [0.1, 0.15) is 12.5 Å². The fourth-order valence-electron chi connectivity index (χ4n) is 1.80. The van der Waals surface area contributed by atoms with Crippen molar-refractivity contribution in [2.24, 2.45) is 0 Å². The van der Waals surface area contributed by atoms with Crippen LogP contribution >= 0.6 is 0 Å². The second-order valence-electron chi connectivity index (χ2n) is 4.62. The first kappa shape index (κ1) is 15.4. The van der Waals surface area contributed by atoms with Crippen LogP contribution in [0.4, 0.5) is 5.69 Å². The van der Waals surface area contributed by atoms with E-state index in [0.717, 1.165) is 0 Å². The Morgan fingerprint density at radius 2 is 1.86 bits per heavy atom. The second-order valence-corrected chi connectivity index (χ2v) is 4.62. The highest BCUT2D eigenvalue weighted by atomic mass is 16.5. The van der Waals surface area contributed by atoms with Gasteiger partial charge in [0.1, 0.15) is 11.5 Å². The summed E-state index contributed by atoms with van der Waals surface area (Å²) < 4.78 is 10.7. The lowest BCUT2D eigenvalue weighted by molar-refractivity contribution is -0.122. The van der Waals surface area contributed by atoms with Crippen LogP contribution in [0.5, 0.6) is 11.5 Å². The number of benzene rings is 2. The molecule has 5 heteroatoms. The molecule has 22 heavy (non-hydrogen) atoms. The minimum Gasteiger partial charge on any atom is -0.497 e. The van der Waals surface area contributed by atoms with Crippen molar-refractivity contribution in [3.63, 3.8) is 0 Å². The Morgan fingerprint density at radius 1 is 1.18 bits per heavy atom. The van der Waals surface area contributed by atoms with Gasteiger partial charge in [-0.25, -0.2) is 0 Å². The van der Waals surface area contributed by atoms with Crippen LogP contribution in [0.3, 0.4) is 0 Å². The number of hydrogen-bond acceptors (Lipinski definition) is 4. The molecule has 0 aliphatic heterocycles. The summed E-state index contributed by atoms with van der Waals surface area (Å²) in [5.41, 5.74) is 1.16. The van der Waals surface area contributed by atoms with Crippen LogP contribution in [0.2, 0.25) is 0 Å². The molecule has 0 aliphatic rings. The van der Waals surface area contributed by atoms with Gasteiger partial charge in [-0.05, 0) is 43.3 Å². The molecule has 1 amide bonds. The Hall–Kier alpha value is -3.00. The molecule has 0 heterocycles. The van der Waals surface area contributed by atoms with Gasteiger partial charge in [-0.3, -0.25) is 4.79 Å². The van der Waals surface area contributed by atoms with Crippen LogP contribution in [-0.2, 0) is 4.79 Å². The van der Waals surface area contributed by atoms with Crippen molar-refractivity contribution >= 4 is 11.6 Å². The predicted octanol–water partition coefficient (Wildman–Crippen LogP) is 2.97. The number of nitrogens with zero attached hydrogens (tertiary/aromatic N) is 1. The van der Waals surface area contributed by atoms with Crippen molar-refractivity contribution in [1.29, 1.82) is 5.26 Å². The van der Waals surface area contributed by atoms with Crippen molar-refractivity contribution in [2.75, 3.05) is 12.4 Å². The largest absolute Gasteiger partial charge is 0.497 e. The molecule has 0 radical (unpaired) electrons. The summed E-state index contributed by atoms with van der Waals surface area (Å²) in [7, 11) is 1.57. The first-order valence-electron chi connectivity index (χ1n) is 6.74. The van der Waals surface area contributed by atoms with Gasteiger partial charge in [0.05, 0.1) is 18.7 Å². The van der Waals surface area contributed by atoms with Gasteiger partial charge in [0, 0.05) is 11.8 Å². The van der Waals surface area contributed by atoms with Gasteiger partial charge in [-0.1, -0.05) is 6.07 Å². The van der Waals surface area contributed by atoms with E-state index >= 15 is 0 Å². The maximum Gasteiger partial charge on any atom is 0.265 e. The molecule has 2 rings (SSSR count). The molecule has 2 aromatic carbocycles. The van der Waals surface area contributed by atoms with E-state index in [-0.39, 0.29) is 5.91 Å². The number of carbonyl (C=O) groups excluding carboxylic acids is 1. The van der Waals surface area contributed by atoms with E-state index in [1.54, 1.807) is 62.6 Å². The number of carbonyl (C=O) groups is 1. The summed E-state index contributed by atoms with van der Waals surface area (Å²) in [6.07, 6.45) is -0.664. The van der Waals surface area contributed by atoms with Crippen LogP contribution in [0.15, 0.2) is 48.5 Å². The van der Waals surface area contributed by atoms with Gasteiger partial charge in [0.2, 0.25) is 0 Å². The lowest BCUT2D eigenvalue weighted by Gasteiger charge is -2.15. The zero-order valence-electron chi connectivity index (χ0n) is 12.4. The number of ether oxygens (including phenoxy) is 2. The molecule has 5 nitrogen and oxygen atoms in total. The van der Waals surface area contributed by atoms with Gasteiger partial charge in [-0.2, -0.15) is 5.26 Å². The third kappa shape index (κ3) is 4.00. The molecule has 0 saturated carbocycles. The molecule has 0 spiro atoms. The number of hydrogen-bond donors (Lipinski definition) is 1. The average molecular weight is 296 g/mol. The van der Waals surface area contributed by atoms with Crippen LogP contribution in [0.25, 0.3) is 0 Å². The van der Waals surface area contributed by atoms with E-state index < -0.39 is 6.10 Å². The number of amides is 1. The predicted molar refractivity (Wildman–Crippen MR) is 82.9 cm³/mol. The highest BCUT2D eigenvalue weighted by Gasteiger charge is 2.15. The average Bonchev–Trinajstić information content (AvgIpc) is 2.55. The van der Waals surface area contributed by atoms with Gasteiger partial charge in [0.15, 0.2) is 6.10 Å². The van der Waals surface area contributed by atoms with Crippen molar-refractivity contribution in [3.05, 3.63) is 54.1 Å². The molecule has 0 fully saturated rings. The van der Waals surface area contributed by atoms with Crippen molar-refractivity contribution in [3.8, 4) is 17.6 Å². The molecule has 1 atom stereocenters. The monoisotopic (exact) mass is 296 g/mol. The number of rotatable bonds is 5. The number of methoxy groups -OCH3 is 1. The van der Waals surface area contributed by atoms with E-state index in [1.165, 1.54) is 0 Å². The Bertz CT molecular complexity index is 690. The highest BCUT2D eigenvalue weighted by molar-refractivity contribution is 5.94. The summed E-state index contributed by atoms with van der Waals surface area (Å²) >= 11 is 0. The Balaban J connectivity index is 1.97. The van der Waals surface area contributed by atoms with Crippen molar-refractivity contribution in [2.45, 2.75) is 13.0 Å². The first-order chi connectivity index (χ1) is 10.6. The molecule has 0 aliphatic carbocycles. The number of anilines is 1. The Morgan fingerprint density at radius 3 is 2.50 bits per heavy atom. The first-order valence-corrected chi connectivity index (χ1v) is 6.74. The van der Waals surface area contributed by atoms with E-state index in [1.807, 2.05) is 6.07 Å². The van der Waals surface area contributed by atoms with Gasteiger partial charge in [-0.15, -0.1) is 0 Å². The molecule has 112 valence electrons. The summed E-state index contributed by atoms with van der Waals surface area (Å²) in [5, 5.41) is 11.5. The zero-order valence-corrected chi connectivity index (χ0v) is 12.4. The molecule has 0 bridgehead atoms. The lowest BCUT2D eigenvalue weighted by Crippen LogP contribution is -2.30. The Labute approximate surface area is 129 Å². The van der Waals surface area contributed by atoms with Crippen molar-refractivity contribution < 1.29 is 14.3 Å². The van der Waals surface area contributed by atoms with E-state index in [0.29, 0.717) is 22.7 Å². The number of nitriles is 1. The summed E-state index contributed by atoms with van der Waals surface area (Å²) in [5.74, 6) is 0.951. The van der Waals surface area contributed by atoms with E-state index in [4.69, 9.17) is 14.7 Å². The second kappa shape index (κ2) is 7.14. The molecule has 0 aromatic heterocycles. The fraction of sp³-hybridized carbons (Fsp3) is 0.176. The van der Waals surface area contributed by atoms with Crippen molar-refractivity contribution in [1.82, 2.24) is 0 Å². The van der Waals surface area contributed by atoms with Crippen LogP contribution in [-0.4, -0.2) is 19.1 Å². The minimum absolute atomic E-state index is 0.271. The summed E-state index contributed by atoms with van der Waals surface area (Å²) in [6.45, 7) is 1.67. The zero-order chi connectivity index (χ0) is 15.9. The van der Waals surface area contributed by atoms with E-state index in [9.17, 15) is 4.79 Å². The van der Waals surface area contributed by atoms with E-state index in [2.05, 4.69) is 5.32 Å². The minimum atomic E-state index is -0.664. The summed E-state index contributed by atoms with van der Waals surface area (Å²) in [4.78, 5) is 12.1. The fourth-order valence-corrected chi connectivity index (χ4v) is 1.80. The number of nitrogens with one attached hydrogen (secondary N) is 1. The standard InChI is InChI=1S/C17H16N2O3/c1-12(22-16-5-3-4-15(10-16)21-2)17(20)19-14-8-6-13(11-18)7-9-14/h3-10,12H,1-2H3,(H,19,20). The smallest absolute Gasteiger partial charge is 0.265 e. The van der Waals surface area contributed by atoms with Crippen LogP contribution < -0.4 is 14.8 Å². The molecular formula is C17H16N2O3. The molecule has 1 N–H and O–H groups in total. The topological polar surface area (TPSA) is 71.3 Å². The third-order valence-electron chi connectivity index (χ3n) is 3.00. The normalized spacial score (nSPS) is 11.1. The maximum absolute atomic E-state index is 12.1. The molecule has 0 saturated heterocycles. The SMILES string of the molecule is COc1cccc(OC(C)C(=O)Nc2ccc(C#N)cc2)c1. The highest BCUT2D eigenvalue weighted by Crippen LogP contribution is 2.20. The molecular weight excluding hydrogens is 280 g/mol. The summed E-state index contributed by atoms with van der Waals surface area (Å²) in [6, 6.07) is 15.7. The third-order valence-corrected chi connectivity index (χ3v) is 3.00. The van der Waals surface area contributed by atoms with Gasteiger partial charge < -0.3 is 14.8 Å². The lowest BCUT2D eigenvalue weighted by atomic mass is 10.2.